The van der Waals surface area contributed by atoms with Crippen molar-refractivity contribution in [3.63, 3.8) is 0 Å². The van der Waals surface area contributed by atoms with Gasteiger partial charge in [-0.05, 0) is 64.2 Å². The van der Waals surface area contributed by atoms with Crippen molar-refractivity contribution in [2.24, 2.45) is 0 Å². The van der Waals surface area contributed by atoms with Crippen LogP contribution in [-0.4, -0.2) is 30.1 Å². The van der Waals surface area contributed by atoms with Gasteiger partial charge >= 0.3 is 12.1 Å². The Hall–Kier alpha value is -4.37. The van der Waals surface area contributed by atoms with E-state index >= 15 is 0 Å². The van der Waals surface area contributed by atoms with Gasteiger partial charge in [-0.15, -0.1) is 0 Å². The zero-order chi connectivity index (χ0) is 29.0. The van der Waals surface area contributed by atoms with Crippen molar-refractivity contribution in [3.05, 3.63) is 112 Å². The Labute approximate surface area is 232 Å². The van der Waals surface area contributed by atoms with Crippen LogP contribution in [0.5, 0.6) is 5.75 Å². The van der Waals surface area contributed by atoms with E-state index in [1.807, 2.05) is 0 Å². The summed E-state index contributed by atoms with van der Waals surface area (Å²) in [6.45, 7) is 0. The first-order chi connectivity index (χ1) is 19.0. The van der Waals surface area contributed by atoms with E-state index < -0.39 is 35.5 Å². The lowest BCUT2D eigenvalue weighted by molar-refractivity contribution is -0.143. The van der Waals surface area contributed by atoms with Crippen LogP contribution in [0.2, 0.25) is 5.02 Å². The van der Waals surface area contributed by atoms with E-state index in [1.165, 1.54) is 42.5 Å². The second-order valence-corrected chi connectivity index (χ2v) is 9.30. The lowest BCUT2D eigenvalue weighted by Crippen LogP contribution is -2.43. The molecule has 1 amide bonds. The number of alkyl halides is 3. The number of carbonyl (C=O) groups excluding carboxylic acids is 2. The number of carbonyl (C=O) groups is 2. The third-order valence-corrected chi connectivity index (χ3v) is 6.49. The number of methoxy groups -OCH3 is 1. The summed E-state index contributed by atoms with van der Waals surface area (Å²) in [7, 11) is 1.16. The summed E-state index contributed by atoms with van der Waals surface area (Å²) in [6.07, 6.45) is -4.46. The average molecular weight is 572 g/mol. The molecule has 10 heteroatoms. The lowest BCUT2D eigenvalue weighted by Gasteiger charge is -2.18. The lowest BCUT2D eigenvalue weighted by atomic mass is 9.98. The van der Waals surface area contributed by atoms with Crippen LogP contribution in [0.4, 0.5) is 17.6 Å². The van der Waals surface area contributed by atoms with Gasteiger partial charge in [0.15, 0.2) is 0 Å². The standard InChI is InChI=1S/C30H22ClF4NO4/c1-40-29(39)26(13-17-5-7-18(8-6-17)19-3-2-4-22(14-19)30(33,34)35)36-28(38)23-15-20(10-12-27(23)37)21-9-11-25(32)24(31)16-21/h2-12,14-16,26,37H,13H2,1H3,(H,36,38). The number of hydrogen-bond acceptors (Lipinski definition) is 4. The van der Waals surface area contributed by atoms with Gasteiger partial charge in [-0.2, -0.15) is 13.2 Å². The van der Waals surface area contributed by atoms with Crippen LogP contribution < -0.4 is 5.32 Å². The number of benzene rings is 4. The highest BCUT2D eigenvalue weighted by molar-refractivity contribution is 6.31. The molecule has 206 valence electrons. The third kappa shape index (κ3) is 6.60. The van der Waals surface area contributed by atoms with Crippen molar-refractivity contribution in [3.8, 4) is 28.0 Å². The molecule has 0 aliphatic heterocycles. The largest absolute Gasteiger partial charge is 0.507 e. The normalized spacial score (nSPS) is 12.1. The number of aromatic hydroxyl groups is 1. The molecule has 0 heterocycles. The molecule has 0 fully saturated rings. The molecule has 0 radical (unpaired) electrons. The van der Waals surface area contributed by atoms with Crippen molar-refractivity contribution in [1.29, 1.82) is 0 Å². The monoisotopic (exact) mass is 571 g/mol. The SMILES string of the molecule is COC(=O)C(Cc1ccc(-c2cccc(C(F)(F)F)c2)cc1)NC(=O)c1cc(-c2ccc(F)c(Cl)c2)ccc1O. The average Bonchev–Trinajstić information content (AvgIpc) is 2.94. The summed E-state index contributed by atoms with van der Waals surface area (Å²) in [5, 5.41) is 12.8. The van der Waals surface area contributed by atoms with Crippen molar-refractivity contribution in [1.82, 2.24) is 5.32 Å². The van der Waals surface area contributed by atoms with Crippen molar-refractivity contribution in [2.45, 2.75) is 18.6 Å². The van der Waals surface area contributed by atoms with Crippen LogP contribution in [0, 0.1) is 5.82 Å². The minimum atomic E-state index is -4.47. The molecule has 0 bridgehead atoms. The van der Waals surface area contributed by atoms with Gasteiger partial charge in [0.1, 0.15) is 17.6 Å². The fourth-order valence-electron chi connectivity index (χ4n) is 4.09. The number of esters is 1. The molecular formula is C30H22ClF4NO4. The molecule has 0 spiro atoms. The van der Waals surface area contributed by atoms with Gasteiger partial charge in [0.25, 0.3) is 5.91 Å². The minimum absolute atomic E-state index is 0.00923. The van der Waals surface area contributed by atoms with Crippen LogP contribution in [-0.2, 0) is 22.1 Å². The molecule has 1 unspecified atom stereocenters. The number of ether oxygens (including phenoxy) is 1. The maximum absolute atomic E-state index is 13.6. The van der Waals surface area contributed by atoms with Crippen molar-refractivity contribution >= 4 is 23.5 Å². The van der Waals surface area contributed by atoms with E-state index in [0.717, 1.165) is 19.2 Å². The number of nitrogens with one attached hydrogen (secondary N) is 1. The number of hydrogen-bond donors (Lipinski definition) is 2. The van der Waals surface area contributed by atoms with Gasteiger partial charge in [-0.1, -0.05) is 60.1 Å². The zero-order valence-electron chi connectivity index (χ0n) is 20.9. The van der Waals surface area contributed by atoms with E-state index in [2.05, 4.69) is 5.32 Å². The summed E-state index contributed by atoms with van der Waals surface area (Å²) >= 11 is 5.86. The fourth-order valence-corrected chi connectivity index (χ4v) is 4.27. The molecule has 4 rings (SSSR count). The predicted molar refractivity (Wildman–Crippen MR) is 142 cm³/mol. The first-order valence-electron chi connectivity index (χ1n) is 11.9. The molecule has 0 saturated carbocycles. The number of rotatable bonds is 7. The van der Waals surface area contributed by atoms with Crippen molar-refractivity contribution in [2.75, 3.05) is 7.11 Å². The molecule has 1 atom stereocenters. The van der Waals surface area contributed by atoms with Gasteiger partial charge in [-0.25, -0.2) is 9.18 Å². The highest BCUT2D eigenvalue weighted by atomic mass is 35.5. The molecule has 0 aliphatic rings. The Kier molecular flexibility index (Phi) is 8.44. The Balaban J connectivity index is 1.54. The zero-order valence-corrected chi connectivity index (χ0v) is 21.7. The Morgan fingerprint density at radius 1 is 0.900 bits per heavy atom. The Bertz CT molecular complexity index is 1550. The smallest absolute Gasteiger partial charge is 0.416 e. The molecule has 4 aromatic carbocycles. The second-order valence-electron chi connectivity index (χ2n) is 8.89. The maximum Gasteiger partial charge on any atom is 0.416 e. The fraction of sp³-hybridized carbons (Fsp3) is 0.133. The highest BCUT2D eigenvalue weighted by Crippen LogP contribution is 2.32. The molecule has 2 N–H and O–H groups in total. The molecule has 40 heavy (non-hydrogen) atoms. The van der Waals surface area contributed by atoms with Gasteiger partial charge in [-0.3, -0.25) is 4.79 Å². The molecule has 5 nitrogen and oxygen atoms in total. The molecule has 0 saturated heterocycles. The number of phenols is 1. The quantitative estimate of drug-likeness (QED) is 0.184. The predicted octanol–water partition coefficient (Wildman–Crippen LogP) is 7.05. The Morgan fingerprint density at radius 2 is 1.52 bits per heavy atom. The van der Waals surface area contributed by atoms with Gasteiger partial charge < -0.3 is 15.2 Å². The summed E-state index contributed by atoms with van der Waals surface area (Å²) in [6, 6.07) is 18.5. The van der Waals surface area contributed by atoms with Gasteiger partial charge in [0.2, 0.25) is 0 Å². The van der Waals surface area contributed by atoms with Crippen molar-refractivity contribution < 1.29 is 37.0 Å². The molecule has 0 aliphatic carbocycles. The summed E-state index contributed by atoms with van der Waals surface area (Å²) in [4.78, 5) is 25.6. The Morgan fingerprint density at radius 3 is 2.17 bits per heavy atom. The van der Waals surface area contributed by atoms with E-state index in [0.29, 0.717) is 27.8 Å². The van der Waals surface area contributed by atoms with Crippen LogP contribution in [0.25, 0.3) is 22.3 Å². The summed E-state index contributed by atoms with van der Waals surface area (Å²) in [5.41, 5.74) is 1.60. The topological polar surface area (TPSA) is 75.6 Å². The van der Waals surface area contributed by atoms with E-state index in [4.69, 9.17) is 16.3 Å². The maximum atomic E-state index is 13.6. The van der Waals surface area contributed by atoms with Crippen LogP contribution in [0.15, 0.2) is 84.9 Å². The third-order valence-electron chi connectivity index (χ3n) is 6.20. The second kappa shape index (κ2) is 11.8. The number of amides is 1. The van der Waals surface area contributed by atoms with E-state index in [1.54, 1.807) is 30.3 Å². The first-order valence-corrected chi connectivity index (χ1v) is 12.3. The first kappa shape index (κ1) is 28.6. The summed E-state index contributed by atoms with van der Waals surface area (Å²) < 4.78 is 57.6. The molecule has 0 aromatic heterocycles. The number of halogens is 5. The highest BCUT2D eigenvalue weighted by Gasteiger charge is 2.30. The molecular weight excluding hydrogens is 550 g/mol. The van der Waals surface area contributed by atoms with Gasteiger partial charge in [0.05, 0.1) is 23.3 Å². The van der Waals surface area contributed by atoms with Crippen LogP contribution in [0.3, 0.4) is 0 Å². The summed E-state index contributed by atoms with van der Waals surface area (Å²) in [5.74, 6) is -2.45. The number of phenolic OH excluding ortho intramolecular Hbond substituents is 1. The van der Waals surface area contributed by atoms with Crippen LogP contribution >= 0.6 is 11.6 Å². The van der Waals surface area contributed by atoms with E-state index in [-0.39, 0.29) is 22.8 Å². The molecule has 4 aromatic rings. The van der Waals surface area contributed by atoms with Gasteiger partial charge in [0, 0.05) is 6.42 Å². The van der Waals surface area contributed by atoms with E-state index in [9.17, 15) is 32.3 Å². The van der Waals surface area contributed by atoms with Crippen LogP contribution in [0.1, 0.15) is 21.5 Å². The minimum Gasteiger partial charge on any atom is -0.507 e.